The molecule has 138 valence electrons. The molecule has 0 N–H and O–H groups in total. The number of ether oxygens (including phenoxy) is 2. The van der Waals surface area contributed by atoms with E-state index in [1.165, 1.54) is 77.7 Å². The van der Waals surface area contributed by atoms with Crippen LogP contribution in [0.1, 0.15) is 97.3 Å². The van der Waals surface area contributed by atoms with Gasteiger partial charge in [-0.15, -0.1) is 0 Å². The zero-order chi connectivity index (χ0) is 17.2. The van der Waals surface area contributed by atoms with Gasteiger partial charge in [-0.2, -0.15) is 0 Å². The van der Waals surface area contributed by atoms with Gasteiger partial charge in [-0.25, -0.2) is 0 Å². The normalized spacial score (nSPS) is 12.3. The third kappa shape index (κ3) is 16.1. The summed E-state index contributed by atoms with van der Waals surface area (Å²) < 4.78 is 10.2. The van der Waals surface area contributed by atoms with Crippen LogP contribution in [0.5, 0.6) is 0 Å². The minimum Gasteiger partial charge on any atom is -0.469 e. The van der Waals surface area contributed by atoms with Gasteiger partial charge in [0.1, 0.15) is 0 Å². The Hall–Kier alpha value is -0.570. The molecule has 1 atom stereocenters. The summed E-state index contributed by atoms with van der Waals surface area (Å²) in [6.45, 7) is 5.80. The van der Waals surface area contributed by atoms with E-state index in [1.54, 1.807) is 0 Å². The largest absolute Gasteiger partial charge is 0.469 e. The van der Waals surface area contributed by atoms with Gasteiger partial charge in [-0.05, 0) is 12.3 Å². The number of rotatable bonds is 17. The van der Waals surface area contributed by atoms with E-state index in [4.69, 9.17) is 4.74 Å². The molecule has 0 amide bonds. The summed E-state index contributed by atoms with van der Waals surface area (Å²) in [7, 11) is 1.42. The summed E-state index contributed by atoms with van der Waals surface area (Å²) in [5, 5.41) is 0. The van der Waals surface area contributed by atoms with Gasteiger partial charge in [0.15, 0.2) is 0 Å². The van der Waals surface area contributed by atoms with Crippen LogP contribution in [0.15, 0.2) is 0 Å². The first kappa shape index (κ1) is 22.4. The van der Waals surface area contributed by atoms with Crippen molar-refractivity contribution in [3.63, 3.8) is 0 Å². The highest BCUT2D eigenvalue weighted by molar-refractivity contribution is 5.69. The molecule has 0 bridgehead atoms. The molecule has 3 nitrogen and oxygen atoms in total. The van der Waals surface area contributed by atoms with Crippen molar-refractivity contribution in [3.8, 4) is 0 Å². The van der Waals surface area contributed by atoms with Crippen LogP contribution in [-0.2, 0) is 14.3 Å². The molecule has 0 aromatic carbocycles. The Kier molecular flexibility index (Phi) is 17.3. The molecule has 0 saturated heterocycles. The molecule has 0 fully saturated rings. The fraction of sp³-hybridized carbons (Fsp3) is 0.950. The van der Waals surface area contributed by atoms with Gasteiger partial charge < -0.3 is 9.47 Å². The maximum atomic E-state index is 11.0. The molecular weight excluding hydrogens is 288 g/mol. The SMILES string of the molecule is CCCCCCCC(CCCCCC)CCOCCC(=O)OC. The van der Waals surface area contributed by atoms with Crippen LogP contribution in [0.25, 0.3) is 0 Å². The van der Waals surface area contributed by atoms with E-state index in [2.05, 4.69) is 18.6 Å². The van der Waals surface area contributed by atoms with Crippen molar-refractivity contribution in [3.05, 3.63) is 0 Å². The monoisotopic (exact) mass is 328 g/mol. The fourth-order valence-electron chi connectivity index (χ4n) is 2.94. The Balaban J connectivity index is 3.79. The highest BCUT2D eigenvalue weighted by atomic mass is 16.5. The van der Waals surface area contributed by atoms with E-state index in [-0.39, 0.29) is 5.97 Å². The maximum absolute atomic E-state index is 11.0. The summed E-state index contributed by atoms with van der Waals surface area (Å²) in [5.74, 6) is 0.614. The standard InChI is InChI=1S/C20H40O3/c1-4-6-8-10-12-14-19(13-11-9-7-5-2)15-17-23-18-16-20(21)22-3/h19H,4-18H2,1-3H3. The summed E-state index contributed by atoms with van der Waals surface area (Å²) in [5.41, 5.74) is 0. The number of methoxy groups -OCH3 is 1. The van der Waals surface area contributed by atoms with Crippen LogP contribution < -0.4 is 0 Å². The van der Waals surface area contributed by atoms with Crippen LogP contribution in [0.4, 0.5) is 0 Å². The van der Waals surface area contributed by atoms with Crippen LogP contribution in [0, 0.1) is 5.92 Å². The second kappa shape index (κ2) is 17.8. The van der Waals surface area contributed by atoms with Crippen molar-refractivity contribution >= 4 is 5.97 Å². The summed E-state index contributed by atoms with van der Waals surface area (Å²) in [6, 6.07) is 0. The minimum absolute atomic E-state index is 0.183. The van der Waals surface area contributed by atoms with Crippen LogP contribution in [-0.4, -0.2) is 26.3 Å². The summed E-state index contributed by atoms with van der Waals surface area (Å²) >= 11 is 0. The first-order chi connectivity index (χ1) is 11.2. The number of carbonyl (C=O) groups is 1. The first-order valence-electron chi connectivity index (χ1n) is 9.89. The Bertz CT molecular complexity index is 253. The molecule has 1 unspecified atom stereocenters. The van der Waals surface area contributed by atoms with E-state index < -0.39 is 0 Å². The van der Waals surface area contributed by atoms with Gasteiger partial charge in [0.25, 0.3) is 0 Å². The molecule has 0 rings (SSSR count). The minimum atomic E-state index is -0.183. The Labute approximate surface area is 144 Å². The quantitative estimate of drug-likeness (QED) is 0.246. The van der Waals surface area contributed by atoms with Crippen molar-refractivity contribution in [1.82, 2.24) is 0 Å². The summed E-state index contributed by atoms with van der Waals surface area (Å²) in [6.07, 6.45) is 16.4. The zero-order valence-corrected chi connectivity index (χ0v) is 15.9. The van der Waals surface area contributed by atoms with Gasteiger partial charge in [-0.3, -0.25) is 4.79 Å². The predicted octanol–water partition coefficient (Wildman–Crippen LogP) is 5.90. The molecule has 0 aromatic rings. The molecule has 0 aromatic heterocycles. The lowest BCUT2D eigenvalue weighted by Gasteiger charge is -2.17. The van der Waals surface area contributed by atoms with Gasteiger partial charge >= 0.3 is 5.97 Å². The number of hydrogen-bond acceptors (Lipinski definition) is 3. The lowest BCUT2D eigenvalue weighted by Crippen LogP contribution is -2.10. The molecule has 3 heteroatoms. The highest BCUT2D eigenvalue weighted by Gasteiger charge is 2.09. The summed E-state index contributed by atoms with van der Waals surface area (Å²) in [4.78, 5) is 11.0. The van der Waals surface area contributed by atoms with Crippen molar-refractivity contribution in [1.29, 1.82) is 0 Å². The molecule has 0 aliphatic carbocycles. The third-order valence-corrected chi connectivity index (χ3v) is 4.53. The van der Waals surface area contributed by atoms with E-state index in [1.807, 2.05) is 0 Å². The second-order valence-electron chi connectivity index (χ2n) is 6.65. The van der Waals surface area contributed by atoms with Crippen molar-refractivity contribution in [2.45, 2.75) is 97.3 Å². The lowest BCUT2D eigenvalue weighted by atomic mass is 9.92. The van der Waals surface area contributed by atoms with Crippen LogP contribution in [0.3, 0.4) is 0 Å². The number of unbranched alkanes of at least 4 members (excludes halogenated alkanes) is 7. The van der Waals surface area contributed by atoms with Gasteiger partial charge in [0, 0.05) is 6.61 Å². The molecule has 0 spiro atoms. The predicted molar refractivity (Wildman–Crippen MR) is 97.7 cm³/mol. The average molecular weight is 329 g/mol. The van der Waals surface area contributed by atoms with E-state index >= 15 is 0 Å². The smallest absolute Gasteiger partial charge is 0.307 e. The molecular formula is C20H40O3. The van der Waals surface area contributed by atoms with Crippen molar-refractivity contribution in [2.24, 2.45) is 5.92 Å². The number of esters is 1. The van der Waals surface area contributed by atoms with Crippen LogP contribution in [0.2, 0.25) is 0 Å². The average Bonchev–Trinajstić information content (AvgIpc) is 2.57. The molecule has 0 heterocycles. The van der Waals surface area contributed by atoms with Crippen molar-refractivity contribution in [2.75, 3.05) is 20.3 Å². The van der Waals surface area contributed by atoms with Gasteiger partial charge in [0.05, 0.1) is 20.1 Å². The number of hydrogen-bond donors (Lipinski definition) is 0. The topological polar surface area (TPSA) is 35.5 Å². The van der Waals surface area contributed by atoms with Crippen LogP contribution >= 0.6 is 0 Å². The molecule has 0 radical (unpaired) electrons. The van der Waals surface area contributed by atoms with Crippen molar-refractivity contribution < 1.29 is 14.3 Å². The Morgan fingerprint density at radius 3 is 1.91 bits per heavy atom. The van der Waals surface area contributed by atoms with Gasteiger partial charge in [-0.1, -0.05) is 84.5 Å². The highest BCUT2D eigenvalue weighted by Crippen LogP contribution is 2.21. The molecule has 0 saturated carbocycles. The molecule has 23 heavy (non-hydrogen) atoms. The second-order valence-corrected chi connectivity index (χ2v) is 6.65. The number of carbonyl (C=O) groups excluding carboxylic acids is 1. The third-order valence-electron chi connectivity index (χ3n) is 4.53. The Morgan fingerprint density at radius 2 is 1.35 bits per heavy atom. The molecule has 0 aliphatic rings. The Morgan fingerprint density at radius 1 is 0.783 bits per heavy atom. The van der Waals surface area contributed by atoms with Gasteiger partial charge in [0.2, 0.25) is 0 Å². The zero-order valence-electron chi connectivity index (χ0n) is 15.9. The first-order valence-corrected chi connectivity index (χ1v) is 9.89. The van der Waals surface area contributed by atoms with E-state index in [0.29, 0.717) is 13.0 Å². The van der Waals surface area contributed by atoms with E-state index in [9.17, 15) is 4.79 Å². The fourth-order valence-corrected chi connectivity index (χ4v) is 2.94. The lowest BCUT2D eigenvalue weighted by molar-refractivity contribution is -0.141. The van der Waals surface area contributed by atoms with E-state index in [0.717, 1.165) is 18.9 Å². The molecule has 0 aliphatic heterocycles. The maximum Gasteiger partial charge on any atom is 0.307 e.